The molecule has 0 aromatic heterocycles. The van der Waals surface area contributed by atoms with E-state index in [-0.39, 0.29) is 31.5 Å². The average Bonchev–Trinajstić information content (AvgIpc) is 2.62. The Balaban J connectivity index is 3.24. The van der Waals surface area contributed by atoms with Crippen molar-refractivity contribution in [2.75, 3.05) is 26.3 Å². The van der Waals surface area contributed by atoms with Gasteiger partial charge in [0.2, 0.25) is 18.1 Å². The number of ether oxygens (including phenoxy) is 2. The van der Waals surface area contributed by atoms with E-state index in [1.165, 1.54) is 0 Å². The molecule has 1 aromatic rings. The maximum Gasteiger partial charge on any atom is 0.224 e. The Hall–Kier alpha value is -1.34. The number of benzene rings is 1. The lowest BCUT2D eigenvalue weighted by molar-refractivity contribution is -0.252. The summed E-state index contributed by atoms with van der Waals surface area (Å²) >= 11 is 12.3. The molecule has 1 N–H and O–H groups in total. The molecule has 0 aliphatic rings. The molecule has 1 aromatic carbocycles. The molecule has 0 heterocycles. The van der Waals surface area contributed by atoms with Crippen molar-refractivity contribution >= 4 is 35.5 Å². The molecule has 6 nitrogen and oxygen atoms in total. The Bertz CT molecular complexity index is 620. The number of nitrogens with one attached hydrogen (secondary N) is 1. The van der Waals surface area contributed by atoms with Crippen LogP contribution in [0.15, 0.2) is 18.2 Å². The molecule has 27 heavy (non-hydrogen) atoms. The van der Waals surface area contributed by atoms with Crippen LogP contribution < -0.4 is 5.32 Å². The summed E-state index contributed by atoms with van der Waals surface area (Å²) in [4.78, 5) is 24.8. The summed E-state index contributed by atoms with van der Waals surface area (Å²) in [7, 11) is 0. The predicted octanol–water partition coefficient (Wildman–Crippen LogP) is 3.59. The van der Waals surface area contributed by atoms with Crippen molar-refractivity contribution < 1.29 is 19.1 Å². The topological polar surface area (TPSA) is 67.9 Å². The summed E-state index contributed by atoms with van der Waals surface area (Å²) < 4.78 is 12.0. The summed E-state index contributed by atoms with van der Waals surface area (Å²) in [6.45, 7) is 8.78. The highest BCUT2D eigenvalue weighted by atomic mass is 35.5. The Labute approximate surface area is 171 Å². The lowest BCUT2D eigenvalue weighted by Gasteiger charge is -2.40. The Morgan fingerprint density at radius 3 is 2.33 bits per heavy atom. The molecule has 0 aliphatic heterocycles. The van der Waals surface area contributed by atoms with Gasteiger partial charge in [0.05, 0.1) is 16.6 Å². The summed E-state index contributed by atoms with van der Waals surface area (Å²) in [6.07, 6.45) is 0.764. The number of rotatable bonds is 12. The van der Waals surface area contributed by atoms with Gasteiger partial charge in [-0.05, 0) is 39.8 Å². The van der Waals surface area contributed by atoms with Crippen LogP contribution in [0.5, 0.6) is 0 Å². The van der Waals surface area contributed by atoms with Crippen molar-refractivity contribution in [1.82, 2.24) is 10.2 Å². The van der Waals surface area contributed by atoms with E-state index in [0.717, 1.165) is 0 Å². The number of amides is 2. The van der Waals surface area contributed by atoms with E-state index in [1.54, 1.807) is 23.1 Å². The van der Waals surface area contributed by atoms with Gasteiger partial charge >= 0.3 is 0 Å². The third-order valence-corrected chi connectivity index (χ3v) is 4.74. The van der Waals surface area contributed by atoms with Crippen molar-refractivity contribution in [3.63, 3.8) is 0 Å². The molecule has 0 saturated heterocycles. The lowest BCUT2D eigenvalue weighted by atomic mass is 10.0. The van der Waals surface area contributed by atoms with E-state index in [0.29, 0.717) is 35.2 Å². The van der Waals surface area contributed by atoms with Crippen molar-refractivity contribution in [3.05, 3.63) is 33.8 Å². The van der Waals surface area contributed by atoms with E-state index in [1.807, 2.05) is 27.7 Å². The number of carbonyl (C=O) groups excluding carboxylic acids is 2. The van der Waals surface area contributed by atoms with Gasteiger partial charge in [-0.25, -0.2) is 0 Å². The van der Waals surface area contributed by atoms with Gasteiger partial charge in [-0.15, -0.1) is 0 Å². The SMILES string of the molecule is CCOC(CN(C(=O)CCNC=O)C(C)C)(OCC)c1ccc(Cl)c(Cl)c1. The first-order valence-corrected chi connectivity index (χ1v) is 9.76. The monoisotopic (exact) mass is 418 g/mol. The number of halogens is 2. The van der Waals surface area contributed by atoms with E-state index in [4.69, 9.17) is 32.7 Å². The maximum atomic E-state index is 12.7. The minimum atomic E-state index is -1.17. The fourth-order valence-corrected chi connectivity index (χ4v) is 3.05. The highest BCUT2D eigenvalue weighted by Gasteiger charge is 2.38. The van der Waals surface area contributed by atoms with Crippen molar-refractivity contribution in [1.29, 1.82) is 0 Å². The molecular formula is C19H28Cl2N2O4. The third-order valence-electron chi connectivity index (χ3n) is 4.00. The largest absolute Gasteiger partial charge is 0.358 e. The van der Waals surface area contributed by atoms with E-state index >= 15 is 0 Å². The van der Waals surface area contributed by atoms with Crippen molar-refractivity contribution in [2.45, 2.75) is 45.9 Å². The van der Waals surface area contributed by atoms with Gasteiger partial charge in [-0.1, -0.05) is 29.3 Å². The first-order valence-electron chi connectivity index (χ1n) is 9.01. The van der Waals surface area contributed by atoms with Crippen molar-refractivity contribution in [3.8, 4) is 0 Å². The molecule has 2 amide bonds. The smallest absolute Gasteiger partial charge is 0.224 e. The first kappa shape index (κ1) is 23.7. The Morgan fingerprint density at radius 2 is 1.85 bits per heavy atom. The second kappa shape index (κ2) is 11.5. The molecule has 8 heteroatoms. The van der Waals surface area contributed by atoms with Crippen LogP contribution in [-0.4, -0.2) is 49.6 Å². The third kappa shape index (κ3) is 6.64. The minimum absolute atomic E-state index is 0.0863. The fourth-order valence-electron chi connectivity index (χ4n) is 2.75. The zero-order valence-electron chi connectivity index (χ0n) is 16.3. The van der Waals surface area contributed by atoms with Crippen LogP contribution in [0.1, 0.15) is 39.7 Å². The molecule has 0 unspecified atom stereocenters. The lowest BCUT2D eigenvalue weighted by Crippen LogP contribution is -2.50. The van der Waals surface area contributed by atoms with Gasteiger partial charge in [-0.3, -0.25) is 9.59 Å². The molecule has 0 atom stereocenters. The summed E-state index contributed by atoms with van der Waals surface area (Å²) in [5.74, 6) is -1.28. The molecule has 0 spiro atoms. The van der Waals surface area contributed by atoms with Gasteiger partial charge in [0, 0.05) is 37.8 Å². The number of hydrogen-bond donors (Lipinski definition) is 1. The number of nitrogens with zero attached hydrogens (tertiary/aromatic N) is 1. The minimum Gasteiger partial charge on any atom is -0.358 e. The van der Waals surface area contributed by atoms with Crippen LogP contribution >= 0.6 is 23.2 Å². The molecule has 0 aliphatic carbocycles. The number of carbonyl (C=O) groups is 2. The summed E-state index contributed by atoms with van der Waals surface area (Å²) in [5.41, 5.74) is 0.685. The number of hydrogen-bond acceptors (Lipinski definition) is 4. The molecule has 0 fully saturated rings. The Morgan fingerprint density at radius 1 is 1.22 bits per heavy atom. The molecule has 0 saturated carbocycles. The first-order chi connectivity index (χ1) is 12.8. The van der Waals surface area contributed by atoms with Gasteiger partial charge in [0.1, 0.15) is 0 Å². The predicted molar refractivity (Wildman–Crippen MR) is 107 cm³/mol. The zero-order chi connectivity index (χ0) is 20.4. The zero-order valence-corrected chi connectivity index (χ0v) is 17.8. The molecular weight excluding hydrogens is 391 g/mol. The maximum absolute atomic E-state index is 12.7. The van der Waals surface area contributed by atoms with Crippen LogP contribution in [0.4, 0.5) is 0 Å². The van der Waals surface area contributed by atoms with Crippen LogP contribution in [0.25, 0.3) is 0 Å². The quantitative estimate of drug-likeness (QED) is 0.319. The van der Waals surface area contributed by atoms with Crippen LogP contribution in [-0.2, 0) is 24.8 Å². The van der Waals surface area contributed by atoms with Crippen molar-refractivity contribution in [2.24, 2.45) is 0 Å². The summed E-state index contributed by atoms with van der Waals surface area (Å²) in [5, 5.41) is 3.32. The summed E-state index contributed by atoms with van der Waals surface area (Å²) in [6, 6.07) is 5.08. The second-order valence-corrected chi connectivity index (χ2v) is 7.00. The normalized spacial score (nSPS) is 11.5. The van der Waals surface area contributed by atoms with Gasteiger partial charge in [0.25, 0.3) is 0 Å². The van der Waals surface area contributed by atoms with E-state index in [2.05, 4.69) is 5.32 Å². The van der Waals surface area contributed by atoms with Crippen LogP contribution in [0.3, 0.4) is 0 Å². The van der Waals surface area contributed by atoms with Crippen LogP contribution in [0, 0.1) is 0 Å². The molecule has 1 rings (SSSR count). The second-order valence-electron chi connectivity index (χ2n) is 6.19. The highest BCUT2D eigenvalue weighted by Crippen LogP contribution is 2.34. The van der Waals surface area contributed by atoms with Crippen LogP contribution in [0.2, 0.25) is 10.0 Å². The Kier molecular flexibility index (Phi) is 10.1. The fraction of sp³-hybridized carbons (Fsp3) is 0.579. The van der Waals surface area contributed by atoms with E-state index in [9.17, 15) is 9.59 Å². The average molecular weight is 419 g/mol. The van der Waals surface area contributed by atoms with E-state index < -0.39 is 5.79 Å². The van der Waals surface area contributed by atoms with Gasteiger partial charge < -0.3 is 19.7 Å². The molecule has 152 valence electrons. The van der Waals surface area contributed by atoms with Gasteiger partial charge in [0.15, 0.2) is 0 Å². The molecule has 0 radical (unpaired) electrons. The molecule has 0 bridgehead atoms. The highest BCUT2D eigenvalue weighted by molar-refractivity contribution is 6.42. The van der Waals surface area contributed by atoms with Gasteiger partial charge in [-0.2, -0.15) is 0 Å². The standard InChI is InChI=1S/C19H28Cl2N2O4/c1-5-26-19(27-6-2,15-7-8-16(20)17(21)11-15)12-23(14(3)4)18(25)9-10-22-13-24/h7-8,11,13-14H,5-6,9-10,12H2,1-4H3,(H,22,24).